The minimum absolute atomic E-state index is 0.0234. The second-order valence-corrected chi connectivity index (χ2v) is 9.82. The third-order valence-corrected chi connectivity index (χ3v) is 7.60. The lowest BCUT2D eigenvalue weighted by atomic mass is 10.1. The van der Waals surface area contributed by atoms with E-state index in [1.165, 1.54) is 4.31 Å². The first-order valence-electron chi connectivity index (χ1n) is 8.24. The molecular weight excluding hydrogens is 374 g/mol. The van der Waals surface area contributed by atoms with Crippen molar-refractivity contribution in [1.29, 1.82) is 0 Å². The number of sulfonamides is 2. The molecule has 0 unspecified atom stereocenters. The molecule has 9 heteroatoms. The normalized spacial score (nSPS) is 19.0. The van der Waals surface area contributed by atoms with Crippen LogP contribution in [0.1, 0.15) is 18.4 Å². The second kappa shape index (κ2) is 7.07. The van der Waals surface area contributed by atoms with Gasteiger partial charge in [-0.2, -0.15) is 4.31 Å². The number of rotatable bonds is 6. The van der Waals surface area contributed by atoms with E-state index in [2.05, 4.69) is 16.3 Å². The number of aryl methyl sites for hydroxylation is 1. The van der Waals surface area contributed by atoms with E-state index in [9.17, 15) is 16.8 Å². The van der Waals surface area contributed by atoms with Gasteiger partial charge in [-0.3, -0.25) is 4.98 Å². The summed E-state index contributed by atoms with van der Waals surface area (Å²) in [4.78, 5) is 4.49. The molecule has 1 aromatic carbocycles. The van der Waals surface area contributed by atoms with Crippen LogP contribution in [0.4, 0.5) is 0 Å². The van der Waals surface area contributed by atoms with Gasteiger partial charge in [-0.05, 0) is 43.5 Å². The van der Waals surface area contributed by atoms with E-state index in [0.29, 0.717) is 30.3 Å². The number of fused-ring (bicyclic) bond motifs is 1. The van der Waals surface area contributed by atoms with E-state index in [-0.39, 0.29) is 11.4 Å². The first-order chi connectivity index (χ1) is 12.3. The largest absolute Gasteiger partial charge is 0.256 e. The minimum Gasteiger partial charge on any atom is -0.256 e. The fourth-order valence-corrected chi connectivity index (χ4v) is 5.66. The maximum atomic E-state index is 13.3. The van der Waals surface area contributed by atoms with Gasteiger partial charge in [0, 0.05) is 36.1 Å². The van der Waals surface area contributed by atoms with Crippen molar-refractivity contribution in [1.82, 2.24) is 14.0 Å². The van der Waals surface area contributed by atoms with Gasteiger partial charge in [0.1, 0.15) is 0 Å². The van der Waals surface area contributed by atoms with Gasteiger partial charge in [0.25, 0.3) is 0 Å². The van der Waals surface area contributed by atoms with E-state index in [0.717, 1.165) is 11.0 Å². The highest BCUT2D eigenvalue weighted by atomic mass is 32.2. The molecule has 1 fully saturated rings. The average Bonchev–Trinajstić information content (AvgIpc) is 3.10. The Morgan fingerprint density at radius 2 is 2.08 bits per heavy atom. The molecule has 0 aliphatic carbocycles. The minimum atomic E-state index is -3.77. The predicted octanol–water partition coefficient (Wildman–Crippen LogP) is 1.76. The van der Waals surface area contributed by atoms with Gasteiger partial charge in [-0.25, -0.2) is 21.6 Å². The van der Waals surface area contributed by atoms with Crippen molar-refractivity contribution in [2.75, 3.05) is 13.1 Å². The maximum Gasteiger partial charge on any atom is 0.244 e. The van der Waals surface area contributed by atoms with Gasteiger partial charge < -0.3 is 0 Å². The molecule has 7 nitrogen and oxygen atoms in total. The summed E-state index contributed by atoms with van der Waals surface area (Å²) in [7, 11) is -7.37. The van der Waals surface area contributed by atoms with Crippen LogP contribution in [-0.2, 0) is 20.0 Å². The van der Waals surface area contributed by atoms with E-state index in [1.54, 1.807) is 30.5 Å². The highest BCUT2D eigenvalue weighted by molar-refractivity contribution is 7.92. The van der Waals surface area contributed by atoms with Crippen molar-refractivity contribution >= 4 is 30.9 Å². The quantitative estimate of drug-likeness (QED) is 0.804. The van der Waals surface area contributed by atoms with Gasteiger partial charge in [0.05, 0.1) is 10.4 Å². The van der Waals surface area contributed by atoms with Crippen molar-refractivity contribution in [2.24, 2.45) is 0 Å². The van der Waals surface area contributed by atoms with Crippen molar-refractivity contribution < 1.29 is 16.8 Å². The molecule has 1 aliphatic heterocycles. The monoisotopic (exact) mass is 395 g/mol. The van der Waals surface area contributed by atoms with Gasteiger partial charge >= 0.3 is 0 Å². The van der Waals surface area contributed by atoms with Gasteiger partial charge in [0.15, 0.2) is 0 Å². The third-order valence-electron chi connectivity index (χ3n) is 4.58. The Hall–Kier alpha value is -1.81. The molecule has 2 heterocycles. The third kappa shape index (κ3) is 3.52. The van der Waals surface area contributed by atoms with Crippen LogP contribution in [0.2, 0.25) is 0 Å². The van der Waals surface area contributed by atoms with Crippen molar-refractivity contribution in [3.63, 3.8) is 0 Å². The van der Waals surface area contributed by atoms with Gasteiger partial charge in [-0.1, -0.05) is 12.6 Å². The maximum absolute atomic E-state index is 13.3. The number of pyridine rings is 1. The molecule has 2 aromatic rings. The Bertz CT molecular complexity index is 1050. The molecule has 1 saturated heterocycles. The molecule has 0 spiro atoms. The number of nitrogens with one attached hydrogen (secondary N) is 1. The first-order valence-corrected chi connectivity index (χ1v) is 11.2. The molecule has 0 amide bonds. The first kappa shape index (κ1) is 19.0. The summed E-state index contributed by atoms with van der Waals surface area (Å²) in [6.07, 6.45) is 2.91. The standard InChI is InChI=1S/C17H21N3O4S2/c1-3-25(21,22)19-12-14-6-5-11-20(14)26(23,24)16-9-8-13(2)17-15(16)7-4-10-18-17/h3-4,7-10,14,19H,1,5-6,11-12H2,2H3/t14-/m1/s1. The lowest BCUT2D eigenvalue weighted by Gasteiger charge is -2.25. The summed E-state index contributed by atoms with van der Waals surface area (Å²) in [6, 6.07) is 6.36. The molecule has 1 atom stereocenters. The molecule has 0 radical (unpaired) electrons. The smallest absolute Gasteiger partial charge is 0.244 e. The molecule has 1 aliphatic rings. The zero-order valence-electron chi connectivity index (χ0n) is 14.4. The van der Waals surface area contributed by atoms with E-state index < -0.39 is 26.1 Å². The Labute approximate surface area is 153 Å². The van der Waals surface area contributed by atoms with Crippen molar-refractivity contribution in [3.8, 4) is 0 Å². The van der Waals surface area contributed by atoms with Crippen LogP contribution in [0.25, 0.3) is 10.9 Å². The fraction of sp³-hybridized carbons (Fsp3) is 0.353. The Morgan fingerprint density at radius 1 is 1.31 bits per heavy atom. The number of hydrogen-bond donors (Lipinski definition) is 1. The van der Waals surface area contributed by atoms with Crippen LogP contribution in [0.3, 0.4) is 0 Å². The molecule has 0 bridgehead atoms. The van der Waals surface area contributed by atoms with Crippen LogP contribution in [0.15, 0.2) is 47.3 Å². The molecule has 1 aromatic heterocycles. The molecule has 26 heavy (non-hydrogen) atoms. The number of nitrogens with zero attached hydrogens (tertiary/aromatic N) is 2. The van der Waals surface area contributed by atoms with Crippen LogP contribution >= 0.6 is 0 Å². The Morgan fingerprint density at radius 3 is 2.81 bits per heavy atom. The van der Waals surface area contributed by atoms with Gasteiger partial charge in [0.2, 0.25) is 20.0 Å². The highest BCUT2D eigenvalue weighted by Gasteiger charge is 2.36. The highest BCUT2D eigenvalue weighted by Crippen LogP contribution is 2.31. The molecule has 3 rings (SSSR count). The number of hydrogen-bond acceptors (Lipinski definition) is 5. The summed E-state index contributed by atoms with van der Waals surface area (Å²) in [5.74, 6) is 0. The average molecular weight is 396 g/mol. The number of benzene rings is 1. The van der Waals surface area contributed by atoms with Crippen LogP contribution in [0, 0.1) is 6.92 Å². The fourth-order valence-electron chi connectivity index (χ4n) is 3.24. The topological polar surface area (TPSA) is 96.4 Å². The number of aromatic nitrogens is 1. The molecule has 1 N–H and O–H groups in total. The zero-order valence-corrected chi connectivity index (χ0v) is 16.1. The summed E-state index contributed by atoms with van der Waals surface area (Å²) in [5, 5.41) is 1.39. The summed E-state index contributed by atoms with van der Waals surface area (Å²) < 4.78 is 53.5. The lowest BCUT2D eigenvalue weighted by molar-refractivity contribution is 0.385. The predicted molar refractivity (Wildman–Crippen MR) is 101 cm³/mol. The SMILES string of the molecule is C=CS(=O)(=O)NC[C@H]1CCCN1S(=O)(=O)c1ccc(C)c2ncccc12. The summed E-state index contributed by atoms with van der Waals surface area (Å²) in [5.41, 5.74) is 1.55. The van der Waals surface area contributed by atoms with E-state index in [4.69, 9.17) is 0 Å². The molecule has 0 saturated carbocycles. The molecule has 140 valence electrons. The summed E-state index contributed by atoms with van der Waals surface area (Å²) >= 11 is 0. The van der Waals surface area contributed by atoms with Crippen molar-refractivity contribution in [2.45, 2.75) is 30.7 Å². The summed E-state index contributed by atoms with van der Waals surface area (Å²) in [6.45, 7) is 5.51. The zero-order chi connectivity index (χ0) is 18.9. The van der Waals surface area contributed by atoms with E-state index >= 15 is 0 Å². The van der Waals surface area contributed by atoms with Crippen LogP contribution < -0.4 is 4.72 Å². The van der Waals surface area contributed by atoms with Crippen LogP contribution in [0.5, 0.6) is 0 Å². The second-order valence-electron chi connectivity index (χ2n) is 6.25. The lowest BCUT2D eigenvalue weighted by Crippen LogP contribution is -2.42. The van der Waals surface area contributed by atoms with Crippen LogP contribution in [-0.4, -0.2) is 45.3 Å². The van der Waals surface area contributed by atoms with E-state index in [1.807, 2.05) is 6.92 Å². The van der Waals surface area contributed by atoms with Gasteiger partial charge in [-0.15, -0.1) is 0 Å². The van der Waals surface area contributed by atoms with Crippen molar-refractivity contribution in [3.05, 3.63) is 48.0 Å². The Kier molecular flexibility index (Phi) is 5.16. The Balaban J connectivity index is 1.97. The molecular formula is C17H21N3O4S2.